The van der Waals surface area contributed by atoms with Gasteiger partial charge < -0.3 is 10.2 Å². The summed E-state index contributed by atoms with van der Waals surface area (Å²) < 4.78 is 2.14. The van der Waals surface area contributed by atoms with Gasteiger partial charge in [-0.25, -0.2) is 0 Å². The third kappa shape index (κ3) is 1.59. The molecule has 2 rings (SSSR count). The average Bonchev–Trinajstić information content (AvgIpc) is 2.48. The van der Waals surface area contributed by atoms with Crippen LogP contribution in [-0.2, 0) is 6.54 Å². The van der Waals surface area contributed by atoms with Crippen LogP contribution in [0.4, 0.5) is 0 Å². The minimum Gasteiger partial charge on any atom is -0.314 e. The molecule has 0 amide bonds. The smallest absolute Gasteiger partial charge is 0.0776 e. The molecule has 1 N–H and O–H groups in total. The number of nitrogens with one attached hydrogen (secondary N) is 1. The van der Waals surface area contributed by atoms with Crippen molar-refractivity contribution in [3.05, 3.63) is 18.0 Å². The number of rotatable bonds is 3. The molecule has 1 aliphatic heterocycles. The van der Waals surface area contributed by atoms with Crippen LogP contribution in [0.3, 0.4) is 0 Å². The minimum absolute atomic E-state index is 0.586. The summed E-state index contributed by atoms with van der Waals surface area (Å²) in [6.07, 6.45) is 1.88. The number of likely N-dealkylation sites (N-methyl/N-ethyl adjacent to an activating group) is 1. The van der Waals surface area contributed by atoms with Gasteiger partial charge in [0.1, 0.15) is 0 Å². The highest BCUT2D eigenvalue weighted by molar-refractivity contribution is 5.03. The number of nitrogens with zero attached hydrogens (tertiary/aromatic N) is 3. The molecule has 2 heterocycles. The van der Waals surface area contributed by atoms with Gasteiger partial charge in [0.15, 0.2) is 0 Å². The molecule has 0 saturated carbocycles. The Morgan fingerprint density at radius 2 is 2.38 bits per heavy atom. The lowest BCUT2D eigenvalue weighted by atomic mass is 10.1. The molecule has 1 fully saturated rings. The first kappa shape index (κ1) is 8.72. The summed E-state index contributed by atoms with van der Waals surface area (Å²) in [5.74, 6) is 0. The Labute approximate surface area is 78.5 Å². The SMILES string of the molecule is CNCc1ccnn1C1CN(C)C1. The molecule has 1 saturated heterocycles. The van der Waals surface area contributed by atoms with Gasteiger partial charge in [-0.2, -0.15) is 5.10 Å². The summed E-state index contributed by atoms with van der Waals surface area (Å²) in [7, 11) is 4.10. The summed E-state index contributed by atoms with van der Waals surface area (Å²) in [5, 5.41) is 7.49. The van der Waals surface area contributed by atoms with Gasteiger partial charge in [0.05, 0.1) is 11.7 Å². The molecule has 0 atom stereocenters. The van der Waals surface area contributed by atoms with Crippen molar-refractivity contribution in [3.8, 4) is 0 Å². The van der Waals surface area contributed by atoms with Gasteiger partial charge in [-0.15, -0.1) is 0 Å². The third-order valence-electron chi connectivity index (χ3n) is 2.50. The van der Waals surface area contributed by atoms with E-state index in [1.165, 1.54) is 5.69 Å². The molecule has 1 aromatic heterocycles. The maximum Gasteiger partial charge on any atom is 0.0776 e. The number of likely N-dealkylation sites (tertiary alicyclic amines) is 1. The molecule has 0 spiro atoms. The molecule has 0 radical (unpaired) electrons. The lowest BCUT2D eigenvalue weighted by Crippen LogP contribution is -2.45. The zero-order valence-electron chi connectivity index (χ0n) is 8.20. The average molecular weight is 180 g/mol. The summed E-state index contributed by atoms with van der Waals surface area (Å²) in [5.41, 5.74) is 1.28. The zero-order chi connectivity index (χ0) is 9.26. The van der Waals surface area contributed by atoms with E-state index in [0.717, 1.165) is 19.6 Å². The van der Waals surface area contributed by atoms with E-state index >= 15 is 0 Å². The Kier molecular flexibility index (Phi) is 2.33. The Morgan fingerprint density at radius 1 is 1.62 bits per heavy atom. The van der Waals surface area contributed by atoms with Crippen LogP contribution in [0.25, 0.3) is 0 Å². The van der Waals surface area contributed by atoms with Gasteiger partial charge in [0, 0.05) is 25.8 Å². The van der Waals surface area contributed by atoms with E-state index in [0.29, 0.717) is 6.04 Å². The lowest BCUT2D eigenvalue weighted by molar-refractivity contribution is 0.128. The van der Waals surface area contributed by atoms with E-state index in [-0.39, 0.29) is 0 Å². The number of hydrogen-bond acceptors (Lipinski definition) is 3. The molecule has 13 heavy (non-hydrogen) atoms. The van der Waals surface area contributed by atoms with E-state index in [2.05, 4.69) is 33.1 Å². The van der Waals surface area contributed by atoms with Crippen LogP contribution >= 0.6 is 0 Å². The highest BCUT2D eigenvalue weighted by atomic mass is 15.4. The largest absolute Gasteiger partial charge is 0.314 e. The fourth-order valence-electron chi connectivity index (χ4n) is 1.81. The molecule has 0 bridgehead atoms. The van der Waals surface area contributed by atoms with Gasteiger partial charge in [0.2, 0.25) is 0 Å². The molecule has 72 valence electrons. The Hall–Kier alpha value is -0.870. The minimum atomic E-state index is 0.586. The van der Waals surface area contributed by atoms with Crippen molar-refractivity contribution in [2.24, 2.45) is 0 Å². The summed E-state index contributed by atoms with van der Waals surface area (Å²) in [4.78, 5) is 2.30. The standard InChI is InChI=1S/C9H16N4/c1-10-5-8-3-4-11-13(8)9-6-12(2)7-9/h3-4,9-10H,5-7H2,1-2H3. The molecule has 1 aliphatic rings. The summed E-state index contributed by atoms with van der Waals surface area (Å²) in [6, 6.07) is 2.66. The van der Waals surface area contributed by atoms with Crippen molar-refractivity contribution < 1.29 is 0 Å². The Bertz CT molecular complexity index is 275. The zero-order valence-corrected chi connectivity index (χ0v) is 8.20. The fourth-order valence-corrected chi connectivity index (χ4v) is 1.81. The second-order valence-corrected chi connectivity index (χ2v) is 3.67. The maximum absolute atomic E-state index is 4.34. The van der Waals surface area contributed by atoms with E-state index in [9.17, 15) is 0 Å². The second kappa shape index (κ2) is 3.47. The lowest BCUT2D eigenvalue weighted by Gasteiger charge is -2.37. The van der Waals surface area contributed by atoms with Gasteiger partial charge in [-0.3, -0.25) is 4.68 Å². The first-order valence-corrected chi connectivity index (χ1v) is 4.67. The molecule has 1 aromatic rings. The Morgan fingerprint density at radius 3 is 3.00 bits per heavy atom. The van der Waals surface area contributed by atoms with Crippen molar-refractivity contribution in [2.75, 3.05) is 27.2 Å². The predicted octanol–water partition coefficient (Wildman–Crippen LogP) is 0.0890. The van der Waals surface area contributed by atoms with Crippen LogP contribution in [0, 0.1) is 0 Å². The van der Waals surface area contributed by atoms with Crippen LogP contribution in [-0.4, -0.2) is 41.9 Å². The normalized spacial score (nSPS) is 18.9. The van der Waals surface area contributed by atoms with E-state index in [4.69, 9.17) is 0 Å². The molecule has 4 heteroatoms. The highest BCUT2D eigenvalue weighted by Gasteiger charge is 2.26. The molecule has 0 aliphatic carbocycles. The van der Waals surface area contributed by atoms with Crippen molar-refractivity contribution in [2.45, 2.75) is 12.6 Å². The van der Waals surface area contributed by atoms with Crippen molar-refractivity contribution >= 4 is 0 Å². The fraction of sp³-hybridized carbons (Fsp3) is 0.667. The summed E-state index contributed by atoms with van der Waals surface area (Å²) in [6.45, 7) is 3.15. The molecule has 4 nitrogen and oxygen atoms in total. The van der Waals surface area contributed by atoms with Gasteiger partial charge >= 0.3 is 0 Å². The quantitative estimate of drug-likeness (QED) is 0.715. The van der Waals surface area contributed by atoms with Crippen LogP contribution in [0.5, 0.6) is 0 Å². The van der Waals surface area contributed by atoms with Crippen molar-refractivity contribution in [1.29, 1.82) is 0 Å². The number of aromatic nitrogens is 2. The first-order valence-electron chi connectivity index (χ1n) is 4.67. The van der Waals surface area contributed by atoms with Crippen LogP contribution in [0.2, 0.25) is 0 Å². The molecule has 0 unspecified atom stereocenters. The van der Waals surface area contributed by atoms with E-state index in [1.807, 2.05) is 13.2 Å². The highest BCUT2D eigenvalue weighted by Crippen LogP contribution is 2.19. The monoisotopic (exact) mass is 180 g/mol. The predicted molar refractivity (Wildman–Crippen MR) is 51.5 cm³/mol. The number of hydrogen-bond donors (Lipinski definition) is 1. The molecular formula is C9H16N4. The van der Waals surface area contributed by atoms with Crippen LogP contribution in [0.15, 0.2) is 12.3 Å². The summed E-state index contributed by atoms with van der Waals surface area (Å²) >= 11 is 0. The molecular weight excluding hydrogens is 164 g/mol. The van der Waals surface area contributed by atoms with E-state index < -0.39 is 0 Å². The van der Waals surface area contributed by atoms with Gasteiger partial charge in [-0.05, 0) is 20.2 Å². The topological polar surface area (TPSA) is 33.1 Å². The van der Waals surface area contributed by atoms with Crippen LogP contribution in [0.1, 0.15) is 11.7 Å². The molecule has 0 aromatic carbocycles. The van der Waals surface area contributed by atoms with Crippen molar-refractivity contribution in [3.63, 3.8) is 0 Å². The van der Waals surface area contributed by atoms with Gasteiger partial charge in [0.25, 0.3) is 0 Å². The van der Waals surface area contributed by atoms with Gasteiger partial charge in [-0.1, -0.05) is 0 Å². The Balaban J connectivity index is 2.06. The first-order chi connectivity index (χ1) is 6.31. The van der Waals surface area contributed by atoms with E-state index in [1.54, 1.807) is 0 Å². The maximum atomic E-state index is 4.34. The van der Waals surface area contributed by atoms with Crippen molar-refractivity contribution in [1.82, 2.24) is 20.0 Å². The third-order valence-corrected chi connectivity index (χ3v) is 2.50. The van der Waals surface area contributed by atoms with Crippen LogP contribution < -0.4 is 5.32 Å². The second-order valence-electron chi connectivity index (χ2n) is 3.67.